The molecule has 0 aliphatic rings. The highest BCUT2D eigenvalue weighted by atomic mass is 79.9. The van der Waals surface area contributed by atoms with Crippen LogP contribution < -0.4 is 9.75 Å². The topological polar surface area (TPSA) is 45.1 Å². The maximum Gasteiger partial charge on any atom is 0.166 e. The molecule has 126 valence electrons. The summed E-state index contributed by atoms with van der Waals surface area (Å²) in [5.74, 6) is 0.442. The molecular formula is C20H17BrN2O2. The van der Waals surface area contributed by atoms with E-state index in [9.17, 15) is 5.11 Å². The van der Waals surface area contributed by atoms with Gasteiger partial charge in [0.05, 0.1) is 24.7 Å². The van der Waals surface area contributed by atoms with Gasteiger partial charge < -0.3 is 9.84 Å². The number of anilines is 2. The molecule has 0 spiro atoms. The first-order chi connectivity index (χ1) is 12.2. The highest BCUT2D eigenvalue weighted by Crippen LogP contribution is 2.33. The Morgan fingerprint density at radius 1 is 0.960 bits per heavy atom. The molecule has 4 nitrogen and oxygen atoms in total. The van der Waals surface area contributed by atoms with Gasteiger partial charge in [-0.2, -0.15) is 5.10 Å². The number of benzene rings is 3. The van der Waals surface area contributed by atoms with Crippen molar-refractivity contribution in [3.05, 3.63) is 82.8 Å². The summed E-state index contributed by atoms with van der Waals surface area (Å²) >= 11 is 3.42. The predicted octanol–water partition coefficient (Wildman–Crippen LogP) is 5.34. The van der Waals surface area contributed by atoms with E-state index in [1.165, 1.54) is 7.11 Å². The minimum absolute atomic E-state index is 0.0514. The van der Waals surface area contributed by atoms with Crippen LogP contribution >= 0.6 is 15.9 Å². The van der Waals surface area contributed by atoms with Crippen molar-refractivity contribution in [1.29, 1.82) is 0 Å². The van der Waals surface area contributed by atoms with Gasteiger partial charge in [0.2, 0.25) is 0 Å². The van der Waals surface area contributed by atoms with Crippen LogP contribution in [0, 0.1) is 0 Å². The zero-order chi connectivity index (χ0) is 17.6. The van der Waals surface area contributed by atoms with Crippen molar-refractivity contribution in [2.75, 3.05) is 12.1 Å². The zero-order valence-corrected chi connectivity index (χ0v) is 15.2. The van der Waals surface area contributed by atoms with Gasteiger partial charge in [-0.25, -0.2) is 5.01 Å². The Hall–Kier alpha value is -2.79. The first-order valence-electron chi connectivity index (χ1n) is 7.70. The highest BCUT2D eigenvalue weighted by Gasteiger charge is 2.10. The molecule has 3 aromatic carbocycles. The van der Waals surface area contributed by atoms with Gasteiger partial charge in [-0.05, 0) is 36.4 Å². The van der Waals surface area contributed by atoms with Gasteiger partial charge in [-0.1, -0.05) is 52.3 Å². The SMILES string of the molecule is COc1cc(Br)cc(/C=N\N(c2ccccc2)c2ccccc2)c1O. The number of nitrogens with zero attached hydrogens (tertiary/aromatic N) is 2. The summed E-state index contributed by atoms with van der Waals surface area (Å²) in [7, 11) is 1.52. The number of para-hydroxylation sites is 2. The lowest BCUT2D eigenvalue weighted by Crippen LogP contribution is -2.09. The number of halogens is 1. The van der Waals surface area contributed by atoms with E-state index < -0.39 is 0 Å². The third kappa shape index (κ3) is 4.00. The Labute approximate surface area is 155 Å². The Morgan fingerprint density at radius 3 is 2.04 bits per heavy atom. The number of hydrazone groups is 1. The fraction of sp³-hybridized carbons (Fsp3) is 0.0500. The molecule has 0 unspecified atom stereocenters. The zero-order valence-electron chi connectivity index (χ0n) is 13.6. The summed E-state index contributed by atoms with van der Waals surface area (Å²) < 4.78 is 5.99. The molecule has 3 aromatic rings. The van der Waals surface area contributed by atoms with Gasteiger partial charge in [-0.3, -0.25) is 0 Å². The summed E-state index contributed by atoms with van der Waals surface area (Å²) in [6, 6.07) is 23.2. The minimum atomic E-state index is 0.0514. The molecular weight excluding hydrogens is 380 g/mol. The number of aromatic hydroxyl groups is 1. The van der Waals surface area contributed by atoms with Crippen molar-refractivity contribution < 1.29 is 9.84 Å². The maximum atomic E-state index is 10.3. The summed E-state index contributed by atoms with van der Waals surface area (Å²) in [4.78, 5) is 0. The molecule has 5 heteroatoms. The molecule has 0 atom stereocenters. The maximum absolute atomic E-state index is 10.3. The summed E-state index contributed by atoms with van der Waals surface area (Å²) in [5.41, 5.74) is 2.40. The van der Waals surface area contributed by atoms with Crippen LogP contribution in [0.4, 0.5) is 11.4 Å². The summed E-state index contributed by atoms with van der Waals surface area (Å²) in [6.45, 7) is 0. The van der Waals surface area contributed by atoms with Crippen molar-refractivity contribution in [2.45, 2.75) is 0 Å². The smallest absolute Gasteiger partial charge is 0.166 e. The number of phenolic OH excluding ortho intramolecular Hbond substituents is 1. The number of rotatable bonds is 5. The monoisotopic (exact) mass is 396 g/mol. The van der Waals surface area contributed by atoms with Gasteiger partial charge in [-0.15, -0.1) is 0 Å². The van der Waals surface area contributed by atoms with Crippen LogP contribution in [-0.2, 0) is 0 Å². The van der Waals surface area contributed by atoms with E-state index in [0.29, 0.717) is 11.3 Å². The van der Waals surface area contributed by atoms with Crippen LogP contribution in [0.5, 0.6) is 11.5 Å². The minimum Gasteiger partial charge on any atom is -0.504 e. The molecule has 0 aliphatic carbocycles. The van der Waals surface area contributed by atoms with E-state index in [2.05, 4.69) is 21.0 Å². The van der Waals surface area contributed by atoms with Gasteiger partial charge in [0, 0.05) is 10.0 Å². The van der Waals surface area contributed by atoms with Gasteiger partial charge in [0.15, 0.2) is 11.5 Å². The summed E-state index contributed by atoms with van der Waals surface area (Å²) in [5, 5.41) is 16.7. The van der Waals surface area contributed by atoms with Gasteiger partial charge in [0.25, 0.3) is 0 Å². The van der Waals surface area contributed by atoms with Crippen molar-refractivity contribution >= 4 is 33.5 Å². The quantitative estimate of drug-likeness (QED) is 0.467. The van der Waals surface area contributed by atoms with E-state index in [1.807, 2.05) is 65.7 Å². The molecule has 0 bridgehead atoms. The van der Waals surface area contributed by atoms with Crippen molar-refractivity contribution in [3.8, 4) is 11.5 Å². The molecule has 0 aliphatic heterocycles. The van der Waals surface area contributed by atoms with E-state index >= 15 is 0 Å². The predicted molar refractivity (Wildman–Crippen MR) is 105 cm³/mol. The van der Waals surface area contributed by atoms with E-state index in [-0.39, 0.29) is 5.75 Å². The van der Waals surface area contributed by atoms with Gasteiger partial charge >= 0.3 is 0 Å². The second-order valence-corrected chi connectivity index (χ2v) is 6.19. The Balaban J connectivity index is 2.02. The number of ether oxygens (including phenoxy) is 1. The molecule has 3 rings (SSSR count). The fourth-order valence-corrected chi connectivity index (χ4v) is 2.84. The molecule has 0 radical (unpaired) electrons. The van der Waals surface area contributed by atoms with Crippen LogP contribution in [-0.4, -0.2) is 18.4 Å². The lowest BCUT2D eigenvalue weighted by Gasteiger charge is -2.19. The summed E-state index contributed by atoms with van der Waals surface area (Å²) in [6.07, 6.45) is 1.61. The van der Waals surface area contributed by atoms with Crippen LogP contribution in [0.2, 0.25) is 0 Å². The lowest BCUT2D eigenvalue weighted by molar-refractivity contribution is 0.373. The Kier molecular flexibility index (Phi) is 5.36. The molecule has 0 aromatic heterocycles. The Morgan fingerprint density at radius 2 is 1.52 bits per heavy atom. The molecule has 25 heavy (non-hydrogen) atoms. The average molecular weight is 397 g/mol. The first-order valence-corrected chi connectivity index (χ1v) is 8.49. The second-order valence-electron chi connectivity index (χ2n) is 5.27. The molecule has 1 N–H and O–H groups in total. The van der Waals surface area contributed by atoms with Crippen LogP contribution in [0.25, 0.3) is 0 Å². The van der Waals surface area contributed by atoms with Crippen LogP contribution in [0.3, 0.4) is 0 Å². The normalized spacial score (nSPS) is 10.8. The van der Waals surface area contributed by atoms with Crippen molar-refractivity contribution in [2.24, 2.45) is 5.10 Å². The van der Waals surface area contributed by atoms with Gasteiger partial charge in [0.1, 0.15) is 0 Å². The van der Waals surface area contributed by atoms with E-state index in [4.69, 9.17) is 4.74 Å². The number of methoxy groups -OCH3 is 1. The molecule has 0 amide bonds. The average Bonchev–Trinajstić information content (AvgIpc) is 2.66. The number of hydrogen-bond donors (Lipinski definition) is 1. The lowest BCUT2D eigenvalue weighted by atomic mass is 10.2. The Bertz CT molecular complexity index is 828. The number of phenols is 1. The highest BCUT2D eigenvalue weighted by molar-refractivity contribution is 9.10. The second kappa shape index (κ2) is 7.85. The number of hydrogen-bond acceptors (Lipinski definition) is 4. The fourth-order valence-electron chi connectivity index (χ4n) is 2.39. The third-order valence-corrected chi connectivity index (χ3v) is 4.06. The largest absolute Gasteiger partial charge is 0.504 e. The van der Waals surface area contributed by atoms with E-state index in [0.717, 1.165) is 15.8 Å². The molecule has 0 saturated carbocycles. The molecule has 0 fully saturated rings. The van der Waals surface area contributed by atoms with Crippen LogP contribution in [0.1, 0.15) is 5.56 Å². The molecule has 0 saturated heterocycles. The van der Waals surface area contributed by atoms with E-state index in [1.54, 1.807) is 18.3 Å². The van der Waals surface area contributed by atoms with Crippen molar-refractivity contribution in [1.82, 2.24) is 0 Å². The standard InChI is InChI=1S/C20H17BrN2O2/c1-25-19-13-16(21)12-15(20(19)24)14-22-23(17-8-4-2-5-9-17)18-10-6-3-7-11-18/h2-14,24H,1H3/b22-14-. The molecule has 0 heterocycles. The third-order valence-electron chi connectivity index (χ3n) is 3.60. The first kappa shape index (κ1) is 17.0. The van der Waals surface area contributed by atoms with Crippen molar-refractivity contribution in [3.63, 3.8) is 0 Å². The van der Waals surface area contributed by atoms with Crippen LogP contribution in [0.15, 0.2) is 82.4 Å².